The molecule has 7 nitrogen and oxygen atoms in total. The van der Waals surface area contributed by atoms with Crippen molar-refractivity contribution >= 4 is 31.7 Å². The molecule has 2 aromatic heterocycles. The van der Waals surface area contributed by atoms with E-state index in [1.165, 1.54) is 0 Å². The van der Waals surface area contributed by atoms with E-state index in [1.807, 2.05) is 31.2 Å². The lowest BCUT2D eigenvalue weighted by Crippen LogP contribution is -2.40. The highest BCUT2D eigenvalue weighted by molar-refractivity contribution is 7.89. The van der Waals surface area contributed by atoms with E-state index in [-0.39, 0.29) is 10.9 Å². The first-order valence-corrected chi connectivity index (χ1v) is 11.0. The molecule has 1 unspecified atom stereocenters. The van der Waals surface area contributed by atoms with E-state index >= 15 is 0 Å². The standard InChI is InChI=1S/C21H23N5O2S/c1-15(13-22-11-9-21-19-4-2-3-5-20(19)24-25-21)26-29(27,28)18-7-6-17-14-23-10-8-16(17)12-18/h2-8,10,12,14-15,22,26H,9,11,13H2,1H3,(H,24,25). The van der Waals surface area contributed by atoms with Crippen LogP contribution in [-0.2, 0) is 16.4 Å². The van der Waals surface area contributed by atoms with Crippen molar-refractivity contribution < 1.29 is 8.42 Å². The molecule has 3 N–H and O–H groups in total. The number of nitrogens with one attached hydrogen (secondary N) is 3. The maximum Gasteiger partial charge on any atom is 0.240 e. The van der Waals surface area contributed by atoms with Crippen LogP contribution in [0.4, 0.5) is 0 Å². The zero-order valence-corrected chi connectivity index (χ0v) is 16.9. The Morgan fingerprint density at radius 2 is 1.97 bits per heavy atom. The van der Waals surface area contributed by atoms with E-state index in [0.29, 0.717) is 6.54 Å². The van der Waals surface area contributed by atoms with Gasteiger partial charge in [0.05, 0.1) is 10.4 Å². The molecule has 8 heteroatoms. The van der Waals surface area contributed by atoms with E-state index in [4.69, 9.17) is 0 Å². The van der Waals surface area contributed by atoms with Gasteiger partial charge in [0.2, 0.25) is 10.0 Å². The molecule has 0 spiro atoms. The summed E-state index contributed by atoms with van der Waals surface area (Å²) in [5.74, 6) is 0. The Kier molecular flexibility index (Phi) is 5.57. The molecule has 0 aliphatic rings. The topological polar surface area (TPSA) is 99.8 Å². The summed E-state index contributed by atoms with van der Waals surface area (Å²) in [6.45, 7) is 3.10. The first-order valence-electron chi connectivity index (χ1n) is 9.52. The van der Waals surface area contributed by atoms with E-state index in [2.05, 4.69) is 25.2 Å². The number of nitrogens with zero attached hydrogens (tertiary/aromatic N) is 2. The molecule has 1 atom stereocenters. The zero-order valence-electron chi connectivity index (χ0n) is 16.1. The van der Waals surface area contributed by atoms with Gasteiger partial charge >= 0.3 is 0 Å². The maximum atomic E-state index is 12.7. The first kappa shape index (κ1) is 19.5. The fourth-order valence-electron chi connectivity index (χ4n) is 3.34. The van der Waals surface area contributed by atoms with Crippen LogP contribution in [0.5, 0.6) is 0 Å². The summed E-state index contributed by atoms with van der Waals surface area (Å²) in [7, 11) is -3.59. The van der Waals surface area contributed by atoms with Crippen molar-refractivity contribution in [3.05, 3.63) is 66.6 Å². The summed E-state index contributed by atoms with van der Waals surface area (Å²) in [6.07, 6.45) is 4.16. The van der Waals surface area contributed by atoms with Crippen molar-refractivity contribution in [2.75, 3.05) is 13.1 Å². The summed E-state index contributed by atoms with van der Waals surface area (Å²) in [4.78, 5) is 4.31. The Hall–Kier alpha value is -2.81. The van der Waals surface area contributed by atoms with E-state index in [0.717, 1.165) is 40.3 Å². The molecule has 2 heterocycles. The molecule has 0 aliphatic carbocycles. The van der Waals surface area contributed by atoms with E-state index < -0.39 is 10.0 Å². The van der Waals surface area contributed by atoms with Gasteiger partial charge in [-0.2, -0.15) is 5.10 Å². The molecule has 4 rings (SSSR count). The predicted octanol–water partition coefficient (Wildman–Crippen LogP) is 2.61. The van der Waals surface area contributed by atoms with Gasteiger partial charge in [-0.25, -0.2) is 13.1 Å². The lowest BCUT2D eigenvalue weighted by Gasteiger charge is -2.15. The Morgan fingerprint density at radius 1 is 1.10 bits per heavy atom. The number of rotatable bonds is 8. The van der Waals surface area contributed by atoms with Gasteiger partial charge in [0, 0.05) is 54.4 Å². The molecule has 0 saturated carbocycles. The van der Waals surface area contributed by atoms with Crippen LogP contribution in [0, 0.1) is 0 Å². The quantitative estimate of drug-likeness (QED) is 0.389. The molecular formula is C21H23N5O2S. The monoisotopic (exact) mass is 409 g/mol. The smallest absolute Gasteiger partial charge is 0.240 e. The Bertz CT molecular complexity index is 1240. The van der Waals surface area contributed by atoms with Crippen LogP contribution in [-0.4, -0.2) is 42.7 Å². The second-order valence-electron chi connectivity index (χ2n) is 7.08. The number of para-hydroxylation sites is 1. The maximum absolute atomic E-state index is 12.7. The van der Waals surface area contributed by atoms with Gasteiger partial charge in [0.25, 0.3) is 0 Å². The second-order valence-corrected chi connectivity index (χ2v) is 8.79. The first-order chi connectivity index (χ1) is 14.0. The van der Waals surface area contributed by atoms with Crippen molar-refractivity contribution in [2.24, 2.45) is 0 Å². The summed E-state index contributed by atoms with van der Waals surface area (Å²) in [5, 5.41) is 13.5. The Morgan fingerprint density at radius 3 is 2.86 bits per heavy atom. The van der Waals surface area contributed by atoms with Gasteiger partial charge in [0.15, 0.2) is 0 Å². The molecule has 0 radical (unpaired) electrons. The molecule has 0 aliphatic heterocycles. The molecule has 29 heavy (non-hydrogen) atoms. The molecule has 2 aromatic carbocycles. The number of aromatic amines is 1. The van der Waals surface area contributed by atoms with Crippen molar-refractivity contribution in [1.82, 2.24) is 25.2 Å². The number of hydrogen-bond donors (Lipinski definition) is 3. The Balaban J connectivity index is 1.32. The van der Waals surface area contributed by atoms with Crippen molar-refractivity contribution in [3.8, 4) is 0 Å². The zero-order chi connectivity index (χ0) is 20.3. The molecule has 0 amide bonds. The average Bonchev–Trinajstić information content (AvgIpc) is 3.14. The van der Waals surface area contributed by atoms with Crippen molar-refractivity contribution in [3.63, 3.8) is 0 Å². The molecule has 0 saturated heterocycles. The molecule has 150 valence electrons. The molecule has 0 fully saturated rings. The minimum absolute atomic E-state index is 0.244. The summed E-state index contributed by atoms with van der Waals surface area (Å²) >= 11 is 0. The highest BCUT2D eigenvalue weighted by Gasteiger charge is 2.17. The lowest BCUT2D eigenvalue weighted by atomic mass is 10.1. The van der Waals surface area contributed by atoms with Gasteiger partial charge in [-0.15, -0.1) is 0 Å². The number of aromatic nitrogens is 3. The van der Waals surface area contributed by atoms with Crippen LogP contribution >= 0.6 is 0 Å². The fraction of sp³-hybridized carbons (Fsp3) is 0.238. The van der Waals surface area contributed by atoms with Crippen LogP contribution in [0.3, 0.4) is 0 Å². The summed E-state index contributed by atoms with van der Waals surface area (Å²) in [5.41, 5.74) is 2.03. The van der Waals surface area contributed by atoms with Crippen molar-refractivity contribution in [1.29, 1.82) is 0 Å². The molecule has 0 bridgehead atoms. The Labute approximate surface area is 169 Å². The SMILES string of the molecule is CC(CNCCc1[nH]nc2ccccc12)NS(=O)(=O)c1ccc2cnccc2c1. The lowest BCUT2D eigenvalue weighted by molar-refractivity contribution is 0.537. The van der Waals surface area contributed by atoms with E-state index in [9.17, 15) is 8.42 Å². The highest BCUT2D eigenvalue weighted by Crippen LogP contribution is 2.18. The summed E-state index contributed by atoms with van der Waals surface area (Å²) in [6, 6.07) is 14.6. The van der Waals surface area contributed by atoms with E-state index in [1.54, 1.807) is 36.7 Å². The van der Waals surface area contributed by atoms with Gasteiger partial charge < -0.3 is 5.32 Å². The van der Waals surface area contributed by atoms with Crippen LogP contribution < -0.4 is 10.0 Å². The van der Waals surface area contributed by atoms with Crippen LogP contribution in [0.15, 0.2) is 65.8 Å². The number of hydrogen-bond acceptors (Lipinski definition) is 5. The number of sulfonamides is 1. The number of pyridine rings is 1. The third-order valence-corrected chi connectivity index (χ3v) is 6.41. The minimum Gasteiger partial charge on any atom is -0.315 e. The van der Waals surface area contributed by atoms with Gasteiger partial charge in [-0.1, -0.05) is 24.3 Å². The minimum atomic E-state index is -3.59. The normalized spacial score (nSPS) is 13.1. The summed E-state index contributed by atoms with van der Waals surface area (Å²) < 4.78 is 28.1. The second kappa shape index (κ2) is 8.28. The predicted molar refractivity (Wildman–Crippen MR) is 114 cm³/mol. The number of benzene rings is 2. The molecule has 4 aromatic rings. The highest BCUT2D eigenvalue weighted by atomic mass is 32.2. The fourth-order valence-corrected chi connectivity index (χ4v) is 4.62. The van der Waals surface area contributed by atoms with Crippen LogP contribution in [0.25, 0.3) is 21.7 Å². The van der Waals surface area contributed by atoms with Crippen LogP contribution in [0.1, 0.15) is 12.6 Å². The average molecular weight is 410 g/mol. The van der Waals surface area contributed by atoms with Gasteiger partial charge in [0.1, 0.15) is 0 Å². The third kappa shape index (κ3) is 4.45. The van der Waals surface area contributed by atoms with Gasteiger partial charge in [-0.3, -0.25) is 10.1 Å². The van der Waals surface area contributed by atoms with Crippen LogP contribution in [0.2, 0.25) is 0 Å². The van der Waals surface area contributed by atoms with Gasteiger partial charge in [-0.05, 0) is 36.6 Å². The van der Waals surface area contributed by atoms with Crippen molar-refractivity contribution in [2.45, 2.75) is 24.3 Å². The number of fused-ring (bicyclic) bond motifs is 2. The third-order valence-electron chi connectivity index (χ3n) is 4.82. The number of H-pyrrole nitrogens is 1. The largest absolute Gasteiger partial charge is 0.315 e. The molecular weight excluding hydrogens is 386 g/mol.